The van der Waals surface area contributed by atoms with E-state index in [0.29, 0.717) is 22.8 Å². The number of fused-ring (bicyclic) bond motifs is 1. The van der Waals surface area contributed by atoms with Crippen LogP contribution in [0.25, 0.3) is 10.8 Å². The number of hydrogen-bond acceptors (Lipinski definition) is 3. The van der Waals surface area contributed by atoms with Crippen LogP contribution in [0.15, 0.2) is 53.3 Å². The molecule has 0 radical (unpaired) electrons. The minimum absolute atomic E-state index is 0.169. The molecule has 0 fully saturated rings. The Morgan fingerprint density at radius 3 is 2.46 bits per heavy atom. The van der Waals surface area contributed by atoms with E-state index >= 15 is 0 Å². The molecule has 3 aromatic rings. The summed E-state index contributed by atoms with van der Waals surface area (Å²) >= 11 is 0. The van der Waals surface area contributed by atoms with E-state index in [2.05, 4.69) is 10.4 Å². The van der Waals surface area contributed by atoms with E-state index in [-0.39, 0.29) is 35.6 Å². The Kier molecular flexibility index (Phi) is 5.11. The Labute approximate surface area is 150 Å². The molecule has 0 aliphatic heterocycles. The van der Waals surface area contributed by atoms with E-state index in [4.69, 9.17) is 0 Å². The number of aromatic nitrogens is 2. The van der Waals surface area contributed by atoms with Gasteiger partial charge < -0.3 is 5.32 Å². The van der Waals surface area contributed by atoms with Gasteiger partial charge in [-0.25, -0.2) is 9.07 Å². The van der Waals surface area contributed by atoms with E-state index in [9.17, 15) is 14.0 Å². The minimum atomic E-state index is -0.382. The molecule has 3 rings (SSSR count). The maximum atomic E-state index is 13.7. The fourth-order valence-electron chi connectivity index (χ4n) is 2.82. The van der Waals surface area contributed by atoms with Crippen molar-refractivity contribution in [1.82, 2.24) is 15.1 Å². The highest BCUT2D eigenvalue weighted by Crippen LogP contribution is 2.15. The van der Waals surface area contributed by atoms with Gasteiger partial charge in [-0.15, -0.1) is 0 Å². The molecule has 0 aliphatic carbocycles. The molecular formula is C20H20FN3O2. The lowest BCUT2D eigenvalue weighted by Crippen LogP contribution is -2.32. The summed E-state index contributed by atoms with van der Waals surface area (Å²) in [6.07, 6.45) is 0.375. The van der Waals surface area contributed by atoms with Gasteiger partial charge in [0.1, 0.15) is 5.82 Å². The molecule has 1 heterocycles. The number of amides is 1. The van der Waals surface area contributed by atoms with Crippen molar-refractivity contribution in [3.63, 3.8) is 0 Å². The van der Waals surface area contributed by atoms with Crippen molar-refractivity contribution < 1.29 is 9.18 Å². The van der Waals surface area contributed by atoms with Crippen molar-refractivity contribution in [3.8, 4) is 0 Å². The topological polar surface area (TPSA) is 64.0 Å². The molecule has 1 aromatic heterocycles. The summed E-state index contributed by atoms with van der Waals surface area (Å²) in [6, 6.07) is 13.2. The third-order valence-corrected chi connectivity index (χ3v) is 4.17. The van der Waals surface area contributed by atoms with Crippen LogP contribution < -0.4 is 10.9 Å². The molecule has 1 N–H and O–H groups in total. The summed E-state index contributed by atoms with van der Waals surface area (Å²) in [4.78, 5) is 25.1. The number of halogens is 1. The molecule has 0 saturated heterocycles. The highest BCUT2D eigenvalue weighted by atomic mass is 19.1. The summed E-state index contributed by atoms with van der Waals surface area (Å²) in [5.74, 6) is -0.675. The second-order valence-electron chi connectivity index (χ2n) is 6.33. The Balaban J connectivity index is 1.87. The van der Waals surface area contributed by atoms with Crippen LogP contribution in [0, 0.1) is 5.82 Å². The number of rotatable bonds is 5. The largest absolute Gasteiger partial charge is 0.350 e. The van der Waals surface area contributed by atoms with Crippen LogP contribution in [0.5, 0.6) is 0 Å². The average molecular weight is 353 g/mol. The van der Waals surface area contributed by atoms with Gasteiger partial charge in [0.15, 0.2) is 5.69 Å². The predicted octanol–water partition coefficient (Wildman–Crippen LogP) is 3.09. The Morgan fingerprint density at radius 2 is 1.77 bits per heavy atom. The van der Waals surface area contributed by atoms with Crippen LogP contribution in [0.4, 0.5) is 4.39 Å². The van der Waals surface area contributed by atoms with Gasteiger partial charge in [0, 0.05) is 11.9 Å². The Bertz CT molecular complexity index is 1010. The van der Waals surface area contributed by atoms with Crippen LogP contribution in [-0.2, 0) is 6.42 Å². The zero-order valence-corrected chi connectivity index (χ0v) is 14.7. The molecular weight excluding hydrogens is 333 g/mol. The molecule has 2 aromatic carbocycles. The van der Waals surface area contributed by atoms with Gasteiger partial charge in [-0.3, -0.25) is 9.59 Å². The predicted molar refractivity (Wildman–Crippen MR) is 98.8 cm³/mol. The summed E-state index contributed by atoms with van der Waals surface area (Å²) in [7, 11) is 0. The third kappa shape index (κ3) is 3.49. The fraction of sp³-hybridized carbons (Fsp3) is 0.250. The van der Waals surface area contributed by atoms with Gasteiger partial charge in [-0.05, 0) is 38.0 Å². The highest BCUT2D eigenvalue weighted by molar-refractivity contribution is 6.04. The molecule has 0 aliphatic rings. The number of nitrogens with zero attached hydrogens (tertiary/aromatic N) is 2. The van der Waals surface area contributed by atoms with Gasteiger partial charge in [0.2, 0.25) is 0 Å². The van der Waals surface area contributed by atoms with Crippen molar-refractivity contribution in [2.75, 3.05) is 6.54 Å². The highest BCUT2D eigenvalue weighted by Gasteiger charge is 2.17. The van der Waals surface area contributed by atoms with E-state index in [1.54, 1.807) is 42.5 Å². The van der Waals surface area contributed by atoms with E-state index in [0.717, 1.165) is 0 Å². The molecule has 5 nitrogen and oxygen atoms in total. The standard InChI is InChI=1S/C20H20FN3O2/c1-13(2)24-20(26)16-9-5-4-8-15(16)18(23-24)19(25)22-12-11-14-7-3-6-10-17(14)21/h3-10,13H,11-12H2,1-2H3,(H,22,25). The first kappa shape index (κ1) is 17.8. The molecule has 134 valence electrons. The quantitative estimate of drug-likeness (QED) is 0.767. The molecule has 0 unspecified atom stereocenters. The van der Waals surface area contributed by atoms with Crippen LogP contribution in [-0.4, -0.2) is 22.2 Å². The smallest absolute Gasteiger partial charge is 0.274 e. The lowest BCUT2D eigenvalue weighted by Gasteiger charge is -2.13. The first-order valence-electron chi connectivity index (χ1n) is 8.52. The molecule has 6 heteroatoms. The summed E-state index contributed by atoms with van der Waals surface area (Å²) in [5.41, 5.74) is 0.513. The number of nitrogens with one attached hydrogen (secondary N) is 1. The number of benzene rings is 2. The number of carbonyl (C=O) groups is 1. The zero-order chi connectivity index (χ0) is 18.7. The second-order valence-corrected chi connectivity index (χ2v) is 6.33. The summed E-state index contributed by atoms with van der Waals surface area (Å²) in [6.45, 7) is 3.95. The molecule has 0 spiro atoms. The van der Waals surface area contributed by atoms with Crippen molar-refractivity contribution in [1.29, 1.82) is 0 Å². The van der Waals surface area contributed by atoms with Gasteiger partial charge >= 0.3 is 0 Å². The van der Waals surface area contributed by atoms with Gasteiger partial charge in [-0.2, -0.15) is 5.10 Å². The summed E-state index contributed by atoms with van der Waals surface area (Å²) < 4.78 is 15.0. The first-order chi connectivity index (χ1) is 12.5. The summed E-state index contributed by atoms with van der Waals surface area (Å²) in [5, 5.41) is 8.00. The Morgan fingerprint density at radius 1 is 1.12 bits per heavy atom. The lowest BCUT2D eigenvalue weighted by atomic mass is 10.1. The van der Waals surface area contributed by atoms with E-state index < -0.39 is 0 Å². The van der Waals surface area contributed by atoms with Gasteiger partial charge in [0.25, 0.3) is 11.5 Å². The van der Waals surface area contributed by atoms with Crippen LogP contribution in [0.1, 0.15) is 35.9 Å². The molecule has 0 saturated carbocycles. The average Bonchev–Trinajstić information content (AvgIpc) is 2.63. The first-order valence-corrected chi connectivity index (χ1v) is 8.52. The Hall–Kier alpha value is -3.02. The maximum Gasteiger partial charge on any atom is 0.274 e. The van der Waals surface area contributed by atoms with Gasteiger partial charge in [-0.1, -0.05) is 36.4 Å². The SMILES string of the molecule is CC(C)n1nc(C(=O)NCCc2ccccc2F)c2ccccc2c1=O. The maximum absolute atomic E-state index is 13.7. The third-order valence-electron chi connectivity index (χ3n) is 4.17. The van der Waals surface area contributed by atoms with Crippen LogP contribution >= 0.6 is 0 Å². The lowest BCUT2D eigenvalue weighted by molar-refractivity contribution is 0.0948. The second kappa shape index (κ2) is 7.47. The van der Waals surface area contributed by atoms with E-state index in [1.165, 1.54) is 10.7 Å². The number of hydrogen-bond donors (Lipinski definition) is 1. The zero-order valence-electron chi connectivity index (χ0n) is 14.7. The van der Waals surface area contributed by atoms with Crippen LogP contribution in [0.2, 0.25) is 0 Å². The molecule has 1 amide bonds. The van der Waals surface area contributed by atoms with Crippen molar-refractivity contribution in [3.05, 3.63) is 76.0 Å². The van der Waals surface area contributed by atoms with Gasteiger partial charge in [0.05, 0.1) is 11.4 Å². The van der Waals surface area contributed by atoms with E-state index in [1.807, 2.05) is 13.8 Å². The normalized spacial score (nSPS) is 11.1. The van der Waals surface area contributed by atoms with Crippen LogP contribution in [0.3, 0.4) is 0 Å². The molecule has 0 bridgehead atoms. The molecule has 26 heavy (non-hydrogen) atoms. The van der Waals surface area contributed by atoms with Crippen molar-refractivity contribution in [2.24, 2.45) is 0 Å². The minimum Gasteiger partial charge on any atom is -0.350 e. The number of carbonyl (C=O) groups excluding carboxylic acids is 1. The monoisotopic (exact) mass is 353 g/mol. The van der Waals surface area contributed by atoms with Crippen molar-refractivity contribution >= 4 is 16.7 Å². The fourth-order valence-corrected chi connectivity index (χ4v) is 2.82. The van der Waals surface area contributed by atoms with Crippen molar-refractivity contribution in [2.45, 2.75) is 26.3 Å². The molecule has 0 atom stereocenters.